The number of guanidine groups is 1. The van der Waals surface area contributed by atoms with Crippen molar-refractivity contribution in [3.63, 3.8) is 0 Å². The van der Waals surface area contributed by atoms with E-state index >= 15 is 0 Å². The van der Waals surface area contributed by atoms with Crippen LogP contribution in [0.15, 0.2) is 4.99 Å². The lowest BCUT2D eigenvalue weighted by Crippen LogP contribution is -2.46. The van der Waals surface area contributed by atoms with Crippen molar-refractivity contribution in [1.29, 1.82) is 0 Å². The van der Waals surface area contributed by atoms with Crippen LogP contribution in [0.25, 0.3) is 0 Å². The number of amides is 1. The molecule has 2 fully saturated rings. The van der Waals surface area contributed by atoms with E-state index in [4.69, 9.17) is 0 Å². The molecule has 1 aliphatic carbocycles. The molecular weight excluding hydrogens is 278 g/mol. The van der Waals surface area contributed by atoms with Gasteiger partial charge in [0, 0.05) is 32.7 Å². The third-order valence-corrected chi connectivity index (χ3v) is 4.71. The molecule has 1 amide bonds. The van der Waals surface area contributed by atoms with E-state index in [0.29, 0.717) is 18.0 Å². The average molecular weight is 309 g/mol. The van der Waals surface area contributed by atoms with Gasteiger partial charge in [0.15, 0.2) is 5.96 Å². The highest BCUT2D eigenvalue weighted by Gasteiger charge is 2.33. The summed E-state index contributed by atoms with van der Waals surface area (Å²) in [6, 6.07) is 1.09. The highest BCUT2D eigenvalue weighted by Crippen LogP contribution is 2.28. The second kappa shape index (κ2) is 7.81. The van der Waals surface area contributed by atoms with Crippen molar-refractivity contribution >= 4 is 11.9 Å². The molecule has 0 aromatic rings. The number of carbonyl (C=O) groups excluding carboxylic acids is 1. The summed E-state index contributed by atoms with van der Waals surface area (Å²) >= 11 is 0. The van der Waals surface area contributed by atoms with E-state index < -0.39 is 0 Å². The average Bonchev–Trinajstić information content (AvgIpc) is 3.01. The molecule has 0 radical (unpaired) electrons. The molecule has 3 atom stereocenters. The van der Waals surface area contributed by atoms with E-state index in [-0.39, 0.29) is 12.5 Å². The topological polar surface area (TPSA) is 60.0 Å². The minimum absolute atomic E-state index is 0.0287. The van der Waals surface area contributed by atoms with Crippen molar-refractivity contribution in [2.24, 2.45) is 10.9 Å². The van der Waals surface area contributed by atoms with Crippen LogP contribution in [0.1, 0.15) is 33.1 Å². The first kappa shape index (κ1) is 17.1. The Balaban J connectivity index is 1.86. The van der Waals surface area contributed by atoms with Gasteiger partial charge in [0.05, 0.1) is 0 Å². The predicted molar refractivity (Wildman–Crippen MR) is 90.0 cm³/mol. The van der Waals surface area contributed by atoms with Gasteiger partial charge in [-0.05, 0) is 38.3 Å². The highest BCUT2D eigenvalue weighted by atomic mass is 16.2. The number of nitrogens with one attached hydrogen (secondary N) is 2. The van der Waals surface area contributed by atoms with Crippen molar-refractivity contribution in [1.82, 2.24) is 20.4 Å². The maximum absolute atomic E-state index is 11.7. The largest absolute Gasteiger partial charge is 0.355 e. The van der Waals surface area contributed by atoms with E-state index in [0.717, 1.165) is 19.0 Å². The summed E-state index contributed by atoms with van der Waals surface area (Å²) in [4.78, 5) is 20.3. The third-order valence-electron chi connectivity index (χ3n) is 4.71. The number of likely N-dealkylation sites (tertiary alicyclic amines) is 1. The lowest BCUT2D eigenvalue weighted by molar-refractivity contribution is -0.127. The maximum Gasteiger partial charge on any atom is 0.243 e. The summed E-state index contributed by atoms with van der Waals surface area (Å²) < 4.78 is 0. The fraction of sp³-hybridized carbons (Fsp3) is 0.875. The van der Waals surface area contributed by atoms with Gasteiger partial charge < -0.3 is 15.5 Å². The quantitative estimate of drug-likeness (QED) is 0.554. The standard InChI is InChI=1S/C16H31N5O/c1-5-21-8-6-7-13(21)10-17-16(19-14-9-12(14)2)18-11-15(22)20(3)4/h12-14H,5-11H2,1-4H3,(H2,17,18,19). The SMILES string of the molecule is CCN1CCCC1CNC(=NCC(=O)N(C)C)NC1CC1C. The molecule has 22 heavy (non-hydrogen) atoms. The highest BCUT2D eigenvalue weighted by molar-refractivity contribution is 5.85. The summed E-state index contributed by atoms with van der Waals surface area (Å²) in [5.41, 5.74) is 0. The normalized spacial score (nSPS) is 28.5. The number of aliphatic imine (C=N–C) groups is 1. The van der Waals surface area contributed by atoms with Crippen LogP contribution >= 0.6 is 0 Å². The van der Waals surface area contributed by atoms with Gasteiger partial charge in [-0.15, -0.1) is 0 Å². The first-order valence-electron chi connectivity index (χ1n) is 8.50. The summed E-state index contributed by atoms with van der Waals surface area (Å²) in [7, 11) is 3.53. The monoisotopic (exact) mass is 309 g/mol. The molecule has 6 nitrogen and oxygen atoms in total. The zero-order valence-corrected chi connectivity index (χ0v) is 14.4. The number of carbonyl (C=O) groups is 1. The van der Waals surface area contributed by atoms with Gasteiger partial charge in [-0.3, -0.25) is 9.69 Å². The first-order valence-corrected chi connectivity index (χ1v) is 8.50. The minimum atomic E-state index is 0.0287. The molecular formula is C16H31N5O. The third kappa shape index (κ3) is 4.87. The fourth-order valence-corrected chi connectivity index (χ4v) is 2.90. The van der Waals surface area contributed by atoms with Gasteiger partial charge in [-0.25, -0.2) is 4.99 Å². The molecule has 1 aliphatic heterocycles. The Labute approximate surface area is 134 Å². The van der Waals surface area contributed by atoms with E-state index in [9.17, 15) is 4.79 Å². The second-order valence-electron chi connectivity index (χ2n) is 6.72. The van der Waals surface area contributed by atoms with Crippen LogP contribution in [0.2, 0.25) is 0 Å². The van der Waals surface area contributed by atoms with Gasteiger partial charge in [0.1, 0.15) is 6.54 Å². The molecule has 3 unspecified atom stereocenters. The van der Waals surface area contributed by atoms with Gasteiger partial charge in [-0.1, -0.05) is 13.8 Å². The van der Waals surface area contributed by atoms with Crippen LogP contribution in [0.3, 0.4) is 0 Å². The zero-order chi connectivity index (χ0) is 16.1. The number of rotatable bonds is 6. The Morgan fingerprint density at radius 1 is 1.41 bits per heavy atom. The smallest absolute Gasteiger partial charge is 0.243 e. The van der Waals surface area contributed by atoms with Crippen molar-refractivity contribution in [2.45, 2.75) is 45.2 Å². The van der Waals surface area contributed by atoms with Gasteiger partial charge in [-0.2, -0.15) is 0 Å². The lowest BCUT2D eigenvalue weighted by atomic mass is 10.2. The summed E-state index contributed by atoms with van der Waals surface area (Å²) in [6.45, 7) is 7.85. The Bertz CT molecular complexity index is 409. The first-order chi connectivity index (χ1) is 10.5. The second-order valence-corrected chi connectivity index (χ2v) is 6.72. The Hall–Kier alpha value is -1.30. The van der Waals surface area contributed by atoms with Gasteiger partial charge >= 0.3 is 0 Å². The molecule has 1 heterocycles. The molecule has 6 heteroatoms. The molecule has 0 bridgehead atoms. The summed E-state index contributed by atoms with van der Waals surface area (Å²) in [5, 5.41) is 6.88. The Morgan fingerprint density at radius 3 is 2.73 bits per heavy atom. The fourth-order valence-electron chi connectivity index (χ4n) is 2.90. The molecule has 2 rings (SSSR count). The minimum Gasteiger partial charge on any atom is -0.355 e. The molecule has 1 saturated carbocycles. The number of nitrogens with zero attached hydrogens (tertiary/aromatic N) is 3. The van der Waals surface area contributed by atoms with E-state index in [2.05, 4.69) is 34.4 Å². The van der Waals surface area contributed by atoms with E-state index in [1.165, 1.54) is 25.8 Å². The number of hydrogen-bond donors (Lipinski definition) is 2. The number of hydrogen-bond acceptors (Lipinski definition) is 3. The molecule has 126 valence electrons. The van der Waals surface area contributed by atoms with Crippen LogP contribution in [-0.4, -0.2) is 74.0 Å². The summed E-state index contributed by atoms with van der Waals surface area (Å²) in [5.74, 6) is 1.52. The molecule has 1 saturated heterocycles. The molecule has 0 spiro atoms. The Kier molecular flexibility index (Phi) is 6.06. The zero-order valence-electron chi connectivity index (χ0n) is 14.4. The van der Waals surface area contributed by atoms with Crippen LogP contribution in [0.4, 0.5) is 0 Å². The number of likely N-dealkylation sites (N-methyl/N-ethyl adjacent to an activating group) is 2. The van der Waals surface area contributed by atoms with Crippen molar-refractivity contribution < 1.29 is 4.79 Å². The van der Waals surface area contributed by atoms with E-state index in [1.807, 2.05) is 0 Å². The Morgan fingerprint density at radius 2 is 2.14 bits per heavy atom. The molecule has 2 N–H and O–H groups in total. The van der Waals surface area contributed by atoms with E-state index in [1.54, 1.807) is 19.0 Å². The summed E-state index contributed by atoms with van der Waals surface area (Å²) in [6.07, 6.45) is 3.70. The van der Waals surface area contributed by atoms with Crippen molar-refractivity contribution in [2.75, 3.05) is 40.3 Å². The lowest BCUT2D eigenvalue weighted by Gasteiger charge is -2.24. The predicted octanol–water partition coefficient (Wildman–Crippen LogP) is 0.503. The van der Waals surface area contributed by atoms with Gasteiger partial charge in [0.2, 0.25) is 5.91 Å². The van der Waals surface area contributed by atoms with Crippen molar-refractivity contribution in [3.05, 3.63) is 0 Å². The van der Waals surface area contributed by atoms with Crippen LogP contribution in [-0.2, 0) is 4.79 Å². The van der Waals surface area contributed by atoms with Crippen LogP contribution in [0, 0.1) is 5.92 Å². The van der Waals surface area contributed by atoms with Crippen LogP contribution in [0.5, 0.6) is 0 Å². The maximum atomic E-state index is 11.7. The van der Waals surface area contributed by atoms with Crippen LogP contribution < -0.4 is 10.6 Å². The molecule has 2 aliphatic rings. The van der Waals surface area contributed by atoms with Crippen molar-refractivity contribution in [3.8, 4) is 0 Å². The van der Waals surface area contributed by atoms with Gasteiger partial charge in [0.25, 0.3) is 0 Å². The molecule has 0 aromatic carbocycles. The molecule has 0 aromatic heterocycles.